The molecule has 0 bridgehead atoms. The molecule has 0 aliphatic rings. The van der Waals surface area contributed by atoms with Crippen molar-refractivity contribution in [2.24, 2.45) is 9.98 Å². The number of furan rings is 1. The molecular weight excluding hydrogens is 308 g/mol. The first-order chi connectivity index (χ1) is 11.2. The molecule has 0 saturated carbocycles. The lowest BCUT2D eigenvalue weighted by Gasteiger charge is -1.99. The van der Waals surface area contributed by atoms with Crippen LogP contribution < -0.4 is 0 Å². The van der Waals surface area contributed by atoms with Crippen LogP contribution in [0.2, 0.25) is 0 Å². The molecule has 9 nitrogen and oxygen atoms in total. The zero-order chi connectivity index (χ0) is 16.9. The second-order valence-electron chi connectivity index (χ2n) is 3.86. The van der Waals surface area contributed by atoms with E-state index in [-0.39, 0.29) is 13.2 Å². The van der Waals surface area contributed by atoms with Crippen LogP contribution in [-0.4, -0.2) is 38.2 Å². The van der Waals surface area contributed by atoms with Gasteiger partial charge in [-0.3, -0.25) is 0 Å². The molecule has 2 amide bonds. The number of amides is 2. The number of hydrogen-bond donors (Lipinski definition) is 0. The fraction of sp³-hybridized carbons (Fsp3) is 0.429. The Kier molecular flexibility index (Phi) is 8.57. The van der Waals surface area contributed by atoms with Gasteiger partial charge in [-0.1, -0.05) is 0 Å². The number of rotatable bonds is 8. The van der Waals surface area contributed by atoms with Gasteiger partial charge in [0.25, 0.3) is 0 Å². The Balaban J connectivity index is 2.31. The van der Waals surface area contributed by atoms with Crippen LogP contribution in [0.1, 0.15) is 25.4 Å². The van der Waals surface area contributed by atoms with Crippen LogP contribution in [0.25, 0.3) is 0 Å². The van der Waals surface area contributed by atoms with E-state index in [1.165, 1.54) is 0 Å². The molecule has 0 aromatic carbocycles. The van der Waals surface area contributed by atoms with Gasteiger partial charge in [-0.2, -0.15) is 0 Å². The average molecular weight is 326 g/mol. The number of aliphatic imine (C=N–C) groups is 2. The second kappa shape index (κ2) is 10.8. The van der Waals surface area contributed by atoms with Crippen molar-refractivity contribution in [3.8, 4) is 0 Å². The fourth-order valence-corrected chi connectivity index (χ4v) is 1.23. The molecular formula is C14H18N2O7. The van der Waals surface area contributed by atoms with Crippen LogP contribution in [0.5, 0.6) is 0 Å². The van der Waals surface area contributed by atoms with E-state index >= 15 is 0 Å². The summed E-state index contributed by atoms with van der Waals surface area (Å²) >= 11 is 0. The van der Waals surface area contributed by atoms with E-state index in [4.69, 9.17) is 23.4 Å². The molecule has 23 heavy (non-hydrogen) atoms. The Morgan fingerprint density at radius 1 is 0.957 bits per heavy atom. The molecule has 1 heterocycles. The summed E-state index contributed by atoms with van der Waals surface area (Å²) in [6.07, 6.45) is 0.428. The van der Waals surface area contributed by atoms with Gasteiger partial charge in [0.05, 0.1) is 13.2 Å². The largest absolute Gasteiger partial charge is 0.483 e. The van der Waals surface area contributed by atoms with Gasteiger partial charge in [-0.25, -0.2) is 9.59 Å². The Morgan fingerprint density at radius 3 is 1.78 bits per heavy atom. The first-order valence-electron chi connectivity index (χ1n) is 6.85. The summed E-state index contributed by atoms with van der Waals surface area (Å²) in [5, 5.41) is 0. The fourth-order valence-electron chi connectivity index (χ4n) is 1.23. The monoisotopic (exact) mass is 326 g/mol. The highest BCUT2D eigenvalue weighted by Crippen LogP contribution is 2.11. The maximum Gasteiger partial charge on any atom is 0.436 e. The quantitative estimate of drug-likeness (QED) is 0.533. The Bertz CT molecular complexity index is 505. The van der Waals surface area contributed by atoms with Gasteiger partial charge < -0.3 is 23.4 Å². The molecule has 0 radical (unpaired) electrons. The number of carbonyl (C=O) groups is 2. The molecule has 0 unspecified atom stereocenters. The highest BCUT2D eigenvalue weighted by Gasteiger charge is 2.07. The highest BCUT2D eigenvalue weighted by molar-refractivity contribution is 5.76. The van der Waals surface area contributed by atoms with E-state index in [0.717, 1.165) is 12.8 Å². The molecule has 126 valence electrons. The molecule has 9 heteroatoms. The van der Waals surface area contributed by atoms with Crippen molar-refractivity contribution in [1.29, 1.82) is 0 Å². The van der Waals surface area contributed by atoms with E-state index in [1.54, 1.807) is 26.0 Å². The lowest BCUT2D eigenvalue weighted by atomic mass is 10.4. The molecule has 0 fully saturated rings. The summed E-state index contributed by atoms with van der Waals surface area (Å²) in [6.45, 7) is 4.14. The Hall–Kier alpha value is -2.84. The Morgan fingerprint density at radius 2 is 1.39 bits per heavy atom. The van der Waals surface area contributed by atoms with Gasteiger partial charge in [0.15, 0.2) is 26.0 Å². The summed E-state index contributed by atoms with van der Waals surface area (Å²) in [5.41, 5.74) is 0. The molecule has 0 aliphatic carbocycles. The van der Waals surface area contributed by atoms with Crippen molar-refractivity contribution in [2.75, 3.05) is 13.2 Å². The number of hydrogen-bond acceptors (Lipinski definition) is 7. The van der Waals surface area contributed by atoms with Crippen LogP contribution in [0.15, 0.2) is 26.5 Å². The van der Waals surface area contributed by atoms with E-state index in [0.29, 0.717) is 24.7 Å². The predicted molar refractivity (Wildman–Crippen MR) is 79.3 cm³/mol. The highest BCUT2D eigenvalue weighted by atomic mass is 16.6. The van der Waals surface area contributed by atoms with Crippen molar-refractivity contribution in [1.82, 2.24) is 0 Å². The van der Waals surface area contributed by atoms with Crippen LogP contribution in [0.4, 0.5) is 9.59 Å². The zero-order valence-corrected chi connectivity index (χ0v) is 12.9. The summed E-state index contributed by atoms with van der Waals surface area (Å²) in [4.78, 5) is 29.2. The van der Waals surface area contributed by atoms with Crippen molar-refractivity contribution < 1.29 is 33.0 Å². The van der Waals surface area contributed by atoms with Gasteiger partial charge in [-0.15, -0.1) is 9.98 Å². The maximum absolute atomic E-state index is 11.2. The maximum atomic E-state index is 11.2. The van der Waals surface area contributed by atoms with Crippen molar-refractivity contribution in [3.05, 3.63) is 23.7 Å². The first kappa shape index (κ1) is 18.2. The van der Waals surface area contributed by atoms with Gasteiger partial charge in [0.2, 0.25) is 0 Å². The van der Waals surface area contributed by atoms with Crippen molar-refractivity contribution >= 4 is 25.0 Å². The van der Waals surface area contributed by atoms with Gasteiger partial charge >= 0.3 is 12.2 Å². The molecule has 0 aliphatic heterocycles. The van der Waals surface area contributed by atoms with E-state index < -0.39 is 12.2 Å². The first-order valence-corrected chi connectivity index (χ1v) is 6.85. The molecule has 0 spiro atoms. The third kappa shape index (κ3) is 8.24. The molecule has 1 rings (SSSR count). The van der Waals surface area contributed by atoms with Gasteiger partial charge in [0.1, 0.15) is 11.5 Å². The van der Waals surface area contributed by atoms with Crippen LogP contribution in [0.3, 0.4) is 0 Å². The normalized spacial score (nSPS) is 10.9. The molecule has 1 aromatic heterocycles. The molecule has 1 aromatic rings. The van der Waals surface area contributed by atoms with Crippen LogP contribution in [0, 0.1) is 0 Å². The van der Waals surface area contributed by atoms with Crippen molar-refractivity contribution in [3.63, 3.8) is 0 Å². The minimum absolute atomic E-state index is 0.0985. The standard InChI is InChI=1S/C14H18N2O7/c1-3-19-9-15-13(17)21-7-11-5-6-12(23-11)8-22-14(18)16-10-20-4-2/h5-6,9-10H,3-4,7-8H2,1-2H3. The van der Waals surface area contributed by atoms with E-state index in [1.807, 2.05) is 0 Å². The topological polar surface area (TPSA) is 109 Å². The lowest BCUT2D eigenvalue weighted by molar-refractivity contribution is 0.131. The number of carbonyl (C=O) groups excluding carboxylic acids is 2. The smallest absolute Gasteiger partial charge is 0.436 e. The molecule has 0 atom stereocenters. The van der Waals surface area contributed by atoms with Crippen LogP contribution in [-0.2, 0) is 32.2 Å². The lowest BCUT2D eigenvalue weighted by Crippen LogP contribution is -2.01. The third-order valence-corrected chi connectivity index (χ3v) is 2.19. The summed E-state index contributed by atoms with van der Waals surface area (Å²) < 4.78 is 24.5. The second-order valence-corrected chi connectivity index (χ2v) is 3.86. The zero-order valence-electron chi connectivity index (χ0n) is 12.9. The van der Waals surface area contributed by atoms with E-state index in [9.17, 15) is 9.59 Å². The molecule has 0 saturated heterocycles. The van der Waals surface area contributed by atoms with Gasteiger partial charge in [0, 0.05) is 0 Å². The number of nitrogens with zero attached hydrogens (tertiary/aromatic N) is 2. The SMILES string of the molecule is CCOC=NC(=O)OCc1ccc(COC(=O)N=COCC)o1. The third-order valence-electron chi connectivity index (χ3n) is 2.19. The minimum atomic E-state index is -0.798. The minimum Gasteiger partial charge on any atom is -0.483 e. The molecule has 0 N–H and O–H groups in total. The van der Waals surface area contributed by atoms with Crippen LogP contribution >= 0.6 is 0 Å². The average Bonchev–Trinajstić information content (AvgIpc) is 2.99. The summed E-state index contributed by atoms with van der Waals surface area (Å²) in [5.74, 6) is 0.766. The predicted octanol–water partition coefficient (Wildman–Crippen LogP) is 2.68. The van der Waals surface area contributed by atoms with Gasteiger partial charge in [-0.05, 0) is 26.0 Å². The summed E-state index contributed by atoms with van der Waals surface area (Å²) in [7, 11) is 0. The summed E-state index contributed by atoms with van der Waals surface area (Å²) in [6, 6.07) is 3.18. The van der Waals surface area contributed by atoms with Crippen molar-refractivity contribution in [2.45, 2.75) is 27.1 Å². The Labute approximate surface area is 132 Å². The number of ether oxygens (including phenoxy) is 4. The van der Waals surface area contributed by atoms with E-state index in [2.05, 4.69) is 9.98 Å².